The summed E-state index contributed by atoms with van der Waals surface area (Å²) >= 11 is 5.95. The molecule has 0 fully saturated rings. The lowest BCUT2D eigenvalue weighted by Crippen LogP contribution is -2.48. The van der Waals surface area contributed by atoms with E-state index in [1.807, 2.05) is 20.8 Å². The molecule has 0 unspecified atom stereocenters. The molecule has 6 nitrogen and oxygen atoms in total. The van der Waals surface area contributed by atoms with Gasteiger partial charge in [-0.3, -0.25) is 4.79 Å². The third-order valence-corrected chi connectivity index (χ3v) is 5.00. The summed E-state index contributed by atoms with van der Waals surface area (Å²) in [5, 5.41) is 0.218. The Balaban J connectivity index is 2.80. The van der Waals surface area contributed by atoms with E-state index in [0.29, 0.717) is 5.75 Å². The molecule has 0 radical (unpaired) electrons. The Morgan fingerprint density at radius 2 is 1.96 bits per heavy atom. The first-order valence-electron chi connectivity index (χ1n) is 7.10. The van der Waals surface area contributed by atoms with Crippen molar-refractivity contribution < 1.29 is 17.9 Å². The largest absolute Gasteiger partial charge is 0.495 e. The van der Waals surface area contributed by atoms with Crippen molar-refractivity contribution in [1.82, 2.24) is 9.62 Å². The van der Waals surface area contributed by atoms with Gasteiger partial charge in [-0.15, -0.1) is 0 Å². The maximum absolute atomic E-state index is 12.3. The molecule has 0 aliphatic heterocycles. The van der Waals surface area contributed by atoms with E-state index in [-0.39, 0.29) is 34.5 Å². The van der Waals surface area contributed by atoms with Crippen LogP contribution in [-0.2, 0) is 14.8 Å². The number of nitrogens with zero attached hydrogens (tertiary/aromatic N) is 1. The number of methoxy groups -OCH3 is 1. The molecule has 0 aromatic heterocycles. The van der Waals surface area contributed by atoms with E-state index in [1.165, 1.54) is 32.2 Å². The van der Waals surface area contributed by atoms with Gasteiger partial charge in [0.2, 0.25) is 15.9 Å². The summed E-state index contributed by atoms with van der Waals surface area (Å²) in [5.41, 5.74) is -0.374. The summed E-state index contributed by atoms with van der Waals surface area (Å²) in [6.07, 6.45) is 0. The second-order valence-corrected chi connectivity index (χ2v) is 8.21. The van der Waals surface area contributed by atoms with Crippen LogP contribution >= 0.6 is 11.6 Å². The lowest BCUT2D eigenvalue weighted by molar-refractivity contribution is -0.133. The van der Waals surface area contributed by atoms with Crippen LogP contribution in [0.3, 0.4) is 0 Å². The number of halogens is 1. The highest BCUT2D eigenvalue weighted by Gasteiger charge is 2.24. The van der Waals surface area contributed by atoms with Gasteiger partial charge in [-0.1, -0.05) is 11.6 Å². The van der Waals surface area contributed by atoms with Crippen molar-refractivity contribution in [2.24, 2.45) is 0 Å². The maximum atomic E-state index is 12.3. The van der Waals surface area contributed by atoms with Crippen LogP contribution < -0.4 is 9.46 Å². The molecule has 23 heavy (non-hydrogen) atoms. The van der Waals surface area contributed by atoms with Crippen molar-refractivity contribution in [1.29, 1.82) is 0 Å². The van der Waals surface area contributed by atoms with Crippen LogP contribution in [0, 0.1) is 0 Å². The van der Waals surface area contributed by atoms with Gasteiger partial charge in [0.25, 0.3) is 0 Å². The molecule has 0 aliphatic rings. The van der Waals surface area contributed by atoms with E-state index in [9.17, 15) is 13.2 Å². The number of hydrogen-bond donors (Lipinski definition) is 1. The van der Waals surface area contributed by atoms with Crippen LogP contribution in [0.15, 0.2) is 23.1 Å². The minimum atomic E-state index is -3.70. The number of nitrogens with one attached hydrogen (secondary N) is 1. The minimum absolute atomic E-state index is 0.0495. The number of rotatable bonds is 6. The Morgan fingerprint density at radius 3 is 2.39 bits per heavy atom. The molecule has 0 bridgehead atoms. The van der Waals surface area contributed by atoms with Crippen LogP contribution in [0.4, 0.5) is 0 Å². The number of benzene rings is 1. The molecule has 1 aromatic rings. The third kappa shape index (κ3) is 5.37. The fourth-order valence-electron chi connectivity index (χ4n) is 2.15. The molecule has 1 amide bonds. The number of ether oxygens (including phenoxy) is 1. The highest BCUT2D eigenvalue weighted by atomic mass is 35.5. The Kier molecular flexibility index (Phi) is 6.44. The van der Waals surface area contributed by atoms with Crippen molar-refractivity contribution in [2.45, 2.75) is 38.1 Å². The summed E-state index contributed by atoms with van der Waals surface area (Å²) in [5.74, 6) is 0.297. The monoisotopic (exact) mass is 362 g/mol. The zero-order valence-electron chi connectivity index (χ0n) is 14.0. The van der Waals surface area contributed by atoms with E-state index in [2.05, 4.69) is 4.72 Å². The molecule has 1 N–H and O–H groups in total. The predicted octanol–water partition coefficient (Wildman–Crippen LogP) is 2.27. The molecule has 0 heterocycles. The fourth-order valence-corrected chi connectivity index (χ4v) is 3.52. The summed E-state index contributed by atoms with van der Waals surface area (Å²) in [7, 11) is -2.25. The van der Waals surface area contributed by atoms with E-state index >= 15 is 0 Å². The zero-order valence-corrected chi connectivity index (χ0v) is 15.6. The molecule has 0 saturated carbocycles. The maximum Gasteiger partial charge on any atom is 0.240 e. The van der Waals surface area contributed by atoms with Gasteiger partial charge in [0.15, 0.2) is 0 Å². The molecule has 0 spiro atoms. The van der Waals surface area contributed by atoms with Gasteiger partial charge in [-0.2, -0.15) is 0 Å². The van der Waals surface area contributed by atoms with E-state index in [1.54, 1.807) is 4.90 Å². The van der Waals surface area contributed by atoms with Crippen LogP contribution in [-0.4, -0.2) is 45.0 Å². The highest BCUT2D eigenvalue weighted by molar-refractivity contribution is 7.89. The van der Waals surface area contributed by atoms with Gasteiger partial charge in [0.05, 0.1) is 17.0 Å². The van der Waals surface area contributed by atoms with Crippen molar-refractivity contribution in [3.05, 3.63) is 23.2 Å². The van der Waals surface area contributed by atoms with Crippen LogP contribution in [0.5, 0.6) is 5.75 Å². The Labute approximate surface area is 142 Å². The van der Waals surface area contributed by atoms with E-state index in [0.717, 1.165) is 0 Å². The Morgan fingerprint density at radius 1 is 1.35 bits per heavy atom. The minimum Gasteiger partial charge on any atom is -0.495 e. The first kappa shape index (κ1) is 19.7. The lowest BCUT2D eigenvalue weighted by atomic mass is 10.1. The van der Waals surface area contributed by atoms with Gasteiger partial charge in [-0.25, -0.2) is 13.1 Å². The van der Waals surface area contributed by atoms with Crippen molar-refractivity contribution in [2.75, 3.05) is 20.2 Å². The van der Waals surface area contributed by atoms with Gasteiger partial charge in [0.1, 0.15) is 5.75 Å². The number of sulfonamides is 1. The Bertz CT molecular complexity index is 669. The third-order valence-electron chi connectivity index (χ3n) is 3.25. The SMILES string of the molecule is COc1ccc(S(=O)(=O)NCCN(C(C)=O)C(C)(C)C)cc1Cl. The average molecular weight is 363 g/mol. The number of hydrogen-bond acceptors (Lipinski definition) is 4. The number of amides is 1. The number of carbonyl (C=O) groups is 1. The summed E-state index contributed by atoms with van der Waals surface area (Å²) in [6, 6.07) is 4.24. The molecule has 130 valence electrons. The van der Waals surface area contributed by atoms with Gasteiger partial charge >= 0.3 is 0 Å². The van der Waals surface area contributed by atoms with Crippen LogP contribution in [0.2, 0.25) is 5.02 Å². The predicted molar refractivity (Wildman–Crippen MR) is 90.3 cm³/mol. The molecule has 1 rings (SSSR count). The van der Waals surface area contributed by atoms with Gasteiger partial charge in [-0.05, 0) is 39.0 Å². The molecular weight excluding hydrogens is 340 g/mol. The van der Waals surface area contributed by atoms with E-state index < -0.39 is 10.0 Å². The summed E-state index contributed by atoms with van der Waals surface area (Å²) in [6.45, 7) is 7.54. The Hall–Kier alpha value is -1.31. The standard InChI is InChI=1S/C15H23ClN2O4S/c1-11(19)18(15(2,3)4)9-8-17-23(20,21)12-6-7-14(22-5)13(16)10-12/h6-7,10,17H,8-9H2,1-5H3. The molecule has 0 atom stereocenters. The van der Waals surface area contributed by atoms with Gasteiger partial charge in [0, 0.05) is 25.6 Å². The van der Waals surface area contributed by atoms with Gasteiger partial charge < -0.3 is 9.64 Å². The van der Waals surface area contributed by atoms with Crippen LogP contribution in [0.25, 0.3) is 0 Å². The number of carbonyl (C=O) groups excluding carboxylic acids is 1. The normalized spacial score (nSPS) is 12.1. The first-order valence-corrected chi connectivity index (χ1v) is 8.96. The second-order valence-electron chi connectivity index (χ2n) is 6.04. The molecule has 0 saturated heterocycles. The molecule has 1 aromatic carbocycles. The smallest absolute Gasteiger partial charge is 0.240 e. The lowest BCUT2D eigenvalue weighted by Gasteiger charge is -2.35. The molecule has 0 aliphatic carbocycles. The van der Waals surface area contributed by atoms with E-state index in [4.69, 9.17) is 16.3 Å². The van der Waals surface area contributed by atoms with Crippen LogP contribution in [0.1, 0.15) is 27.7 Å². The summed E-state index contributed by atoms with van der Waals surface area (Å²) in [4.78, 5) is 13.3. The first-order chi connectivity index (χ1) is 10.5. The van der Waals surface area contributed by atoms with Crippen molar-refractivity contribution >= 4 is 27.5 Å². The van der Waals surface area contributed by atoms with Crippen molar-refractivity contribution in [3.8, 4) is 5.75 Å². The highest BCUT2D eigenvalue weighted by Crippen LogP contribution is 2.26. The molecule has 8 heteroatoms. The zero-order chi connectivity index (χ0) is 17.8. The van der Waals surface area contributed by atoms with Crippen molar-refractivity contribution in [3.63, 3.8) is 0 Å². The average Bonchev–Trinajstić information content (AvgIpc) is 2.41. The fraction of sp³-hybridized carbons (Fsp3) is 0.533. The topological polar surface area (TPSA) is 75.7 Å². The molecular formula is C15H23ClN2O4S. The second kappa shape index (κ2) is 7.51. The summed E-state index contributed by atoms with van der Waals surface area (Å²) < 4.78 is 32.0. The quantitative estimate of drug-likeness (QED) is 0.842.